The van der Waals surface area contributed by atoms with Gasteiger partial charge in [-0.05, 0) is 31.4 Å². The second-order valence-corrected chi connectivity index (χ2v) is 6.28. The molecule has 1 heterocycles. The molecule has 1 aromatic rings. The number of anilines is 1. The van der Waals surface area contributed by atoms with Gasteiger partial charge in [-0.2, -0.15) is 0 Å². The van der Waals surface area contributed by atoms with E-state index < -0.39 is 16.1 Å². The molecule has 0 aliphatic carbocycles. The summed E-state index contributed by atoms with van der Waals surface area (Å²) >= 11 is 0. The van der Waals surface area contributed by atoms with E-state index in [1.807, 2.05) is 0 Å². The van der Waals surface area contributed by atoms with Crippen LogP contribution < -0.4 is 15.2 Å². The Labute approximate surface area is 123 Å². The van der Waals surface area contributed by atoms with Gasteiger partial charge in [0, 0.05) is 18.4 Å². The third-order valence-electron chi connectivity index (χ3n) is 3.21. The molecule has 1 aliphatic rings. The van der Waals surface area contributed by atoms with Crippen molar-refractivity contribution in [2.24, 2.45) is 5.14 Å². The molecule has 1 amide bonds. The standard InChI is InChI=1S/C13H18N2O5S/c1-19-11-8-9(5-6-12(11)21(14,17)18)15-13(16)10-4-2-3-7-20-10/h5-6,8,10H,2-4,7H2,1H3,(H,15,16)(H2,14,17,18). The fourth-order valence-electron chi connectivity index (χ4n) is 2.15. The van der Waals surface area contributed by atoms with E-state index >= 15 is 0 Å². The molecular formula is C13H18N2O5S. The molecule has 1 atom stereocenters. The van der Waals surface area contributed by atoms with Crippen LogP contribution in [0, 0.1) is 0 Å². The third-order valence-corrected chi connectivity index (χ3v) is 4.16. The van der Waals surface area contributed by atoms with Crippen LogP contribution in [0.15, 0.2) is 23.1 Å². The van der Waals surface area contributed by atoms with Crippen LogP contribution in [0.1, 0.15) is 19.3 Å². The molecule has 0 radical (unpaired) electrons. The maximum atomic E-state index is 12.0. The smallest absolute Gasteiger partial charge is 0.253 e. The van der Waals surface area contributed by atoms with Crippen molar-refractivity contribution in [1.82, 2.24) is 0 Å². The molecule has 1 fully saturated rings. The zero-order chi connectivity index (χ0) is 15.5. The summed E-state index contributed by atoms with van der Waals surface area (Å²) in [6, 6.07) is 4.18. The van der Waals surface area contributed by atoms with Crippen molar-refractivity contribution in [2.75, 3.05) is 19.0 Å². The Morgan fingerprint density at radius 2 is 2.19 bits per heavy atom. The number of ether oxygens (including phenoxy) is 2. The van der Waals surface area contributed by atoms with Gasteiger partial charge in [0.25, 0.3) is 5.91 Å². The highest BCUT2D eigenvalue weighted by Gasteiger charge is 2.22. The number of carbonyl (C=O) groups is 1. The maximum Gasteiger partial charge on any atom is 0.253 e. The molecule has 2 rings (SSSR count). The zero-order valence-electron chi connectivity index (χ0n) is 11.7. The van der Waals surface area contributed by atoms with Gasteiger partial charge in [0.05, 0.1) is 7.11 Å². The second-order valence-electron chi connectivity index (χ2n) is 4.76. The van der Waals surface area contributed by atoms with E-state index in [4.69, 9.17) is 14.6 Å². The lowest BCUT2D eigenvalue weighted by atomic mass is 10.1. The summed E-state index contributed by atoms with van der Waals surface area (Å²) in [5, 5.41) is 7.77. The first-order valence-corrected chi connectivity index (χ1v) is 8.10. The lowest BCUT2D eigenvalue weighted by molar-refractivity contribution is -0.129. The number of rotatable bonds is 4. The molecule has 0 spiro atoms. The number of carbonyl (C=O) groups excluding carboxylic acids is 1. The number of nitrogens with one attached hydrogen (secondary N) is 1. The largest absolute Gasteiger partial charge is 0.495 e. The highest BCUT2D eigenvalue weighted by Crippen LogP contribution is 2.26. The van der Waals surface area contributed by atoms with Crippen LogP contribution in [-0.4, -0.2) is 34.1 Å². The Kier molecular flexibility index (Phi) is 4.81. The first kappa shape index (κ1) is 15.7. The SMILES string of the molecule is COc1cc(NC(=O)C2CCCCO2)ccc1S(N)(=O)=O. The summed E-state index contributed by atoms with van der Waals surface area (Å²) in [5.41, 5.74) is 0.429. The molecule has 0 aromatic heterocycles. The molecule has 8 heteroatoms. The Morgan fingerprint density at radius 1 is 1.43 bits per heavy atom. The number of sulfonamides is 1. The quantitative estimate of drug-likeness (QED) is 0.856. The van der Waals surface area contributed by atoms with Crippen LogP contribution in [0.25, 0.3) is 0 Å². The van der Waals surface area contributed by atoms with Gasteiger partial charge >= 0.3 is 0 Å². The van der Waals surface area contributed by atoms with E-state index in [9.17, 15) is 13.2 Å². The number of primary sulfonamides is 1. The Balaban J connectivity index is 2.15. The molecule has 21 heavy (non-hydrogen) atoms. The first-order chi connectivity index (χ1) is 9.91. The van der Waals surface area contributed by atoms with E-state index in [2.05, 4.69) is 5.32 Å². The fourth-order valence-corrected chi connectivity index (χ4v) is 2.83. The second kappa shape index (κ2) is 6.42. The number of methoxy groups -OCH3 is 1. The first-order valence-electron chi connectivity index (χ1n) is 6.55. The normalized spacial score (nSPS) is 19.0. The third kappa shape index (κ3) is 3.93. The summed E-state index contributed by atoms with van der Waals surface area (Å²) in [6.07, 6.45) is 2.12. The molecule has 1 unspecified atom stereocenters. The van der Waals surface area contributed by atoms with E-state index in [1.54, 1.807) is 0 Å². The summed E-state index contributed by atoms with van der Waals surface area (Å²) in [7, 11) is -2.54. The maximum absolute atomic E-state index is 12.0. The highest BCUT2D eigenvalue weighted by atomic mass is 32.2. The van der Waals surface area contributed by atoms with Gasteiger partial charge in [0.15, 0.2) is 0 Å². The van der Waals surface area contributed by atoms with Crippen molar-refractivity contribution in [2.45, 2.75) is 30.3 Å². The van der Waals surface area contributed by atoms with Crippen molar-refractivity contribution in [3.8, 4) is 5.75 Å². The van der Waals surface area contributed by atoms with Crippen molar-refractivity contribution in [3.05, 3.63) is 18.2 Å². The zero-order valence-corrected chi connectivity index (χ0v) is 12.5. The molecule has 116 valence electrons. The van der Waals surface area contributed by atoms with E-state index in [0.29, 0.717) is 18.7 Å². The molecule has 0 bridgehead atoms. The predicted octanol–water partition coefficient (Wildman–Crippen LogP) is 0.850. The minimum atomic E-state index is -3.87. The van der Waals surface area contributed by atoms with Gasteiger partial charge in [-0.25, -0.2) is 13.6 Å². The van der Waals surface area contributed by atoms with Crippen LogP contribution in [0.5, 0.6) is 5.75 Å². The van der Waals surface area contributed by atoms with Crippen molar-refractivity contribution in [1.29, 1.82) is 0 Å². The number of benzene rings is 1. The monoisotopic (exact) mass is 314 g/mol. The van der Waals surface area contributed by atoms with Crippen LogP contribution in [-0.2, 0) is 19.6 Å². The number of hydrogen-bond acceptors (Lipinski definition) is 5. The van der Waals surface area contributed by atoms with E-state index in [-0.39, 0.29) is 16.6 Å². The molecule has 1 aliphatic heterocycles. The Morgan fingerprint density at radius 3 is 2.76 bits per heavy atom. The van der Waals surface area contributed by atoms with Gasteiger partial charge < -0.3 is 14.8 Å². The van der Waals surface area contributed by atoms with Gasteiger partial charge in [-0.1, -0.05) is 0 Å². The van der Waals surface area contributed by atoms with Gasteiger partial charge in [0.1, 0.15) is 16.7 Å². The predicted molar refractivity (Wildman–Crippen MR) is 76.6 cm³/mol. The van der Waals surface area contributed by atoms with Crippen molar-refractivity contribution >= 4 is 21.6 Å². The summed E-state index contributed by atoms with van der Waals surface area (Å²) in [4.78, 5) is 11.9. The Bertz CT molecular complexity index is 623. The number of amides is 1. The summed E-state index contributed by atoms with van der Waals surface area (Å²) in [5.74, 6) is -0.167. The molecular weight excluding hydrogens is 296 g/mol. The Hall–Kier alpha value is -1.64. The molecule has 0 saturated carbocycles. The number of hydrogen-bond donors (Lipinski definition) is 2. The van der Waals surface area contributed by atoms with Crippen LogP contribution in [0.3, 0.4) is 0 Å². The van der Waals surface area contributed by atoms with Gasteiger partial charge in [-0.3, -0.25) is 4.79 Å². The molecule has 7 nitrogen and oxygen atoms in total. The van der Waals surface area contributed by atoms with Gasteiger partial charge in [0.2, 0.25) is 10.0 Å². The van der Waals surface area contributed by atoms with E-state index in [1.165, 1.54) is 25.3 Å². The van der Waals surface area contributed by atoms with Crippen molar-refractivity contribution < 1.29 is 22.7 Å². The molecule has 3 N–H and O–H groups in total. The molecule has 1 saturated heterocycles. The summed E-state index contributed by atoms with van der Waals surface area (Å²) < 4.78 is 33.2. The van der Waals surface area contributed by atoms with Gasteiger partial charge in [-0.15, -0.1) is 0 Å². The highest BCUT2D eigenvalue weighted by molar-refractivity contribution is 7.89. The fraction of sp³-hybridized carbons (Fsp3) is 0.462. The van der Waals surface area contributed by atoms with Crippen LogP contribution in [0.4, 0.5) is 5.69 Å². The van der Waals surface area contributed by atoms with Crippen molar-refractivity contribution in [3.63, 3.8) is 0 Å². The topological polar surface area (TPSA) is 108 Å². The minimum absolute atomic E-state index is 0.0832. The van der Waals surface area contributed by atoms with Crippen LogP contribution in [0.2, 0.25) is 0 Å². The van der Waals surface area contributed by atoms with E-state index in [0.717, 1.165) is 12.8 Å². The lowest BCUT2D eigenvalue weighted by Gasteiger charge is -2.21. The summed E-state index contributed by atoms with van der Waals surface area (Å²) in [6.45, 7) is 0.575. The lowest BCUT2D eigenvalue weighted by Crippen LogP contribution is -2.33. The van der Waals surface area contributed by atoms with Crippen LogP contribution >= 0.6 is 0 Å². The average molecular weight is 314 g/mol. The number of nitrogens with two attached hydrogens (primary N) is 1. The minimum Gasteiger partial charge on any atom is -0.495 e. The molecule has 1 aromatic carbocycles. The average Bonchev–Trinajstić information content (AvgIpc) is 2.46.